The Kier molecular flexibility index (Phi) is 3.82. The van der Waals surface area contributed by atoms with Crippen molar-refractivity contribution in [1.29, 1.82) is 0 Å². The predicted octanol–water partition coefficient (Wildman–Crippen LogP) is 4.26. The number of halogens is 1. The topological polar surface area (TPSA) is 26.0 Å². The normalized spacial score (nSPS) is 18.1. The molecule has 1 unspecified atom stereocenters. The van der Waals surface area contributed by atoms with Gasteiger partial charge in [0.05, 0.1) is 6.04 Å². The fraction of sp³-hybridized carbons (Fsp3) is 0.429. The number of benzene rings is 1. The van der Waals surface area contributed by atoms with Gasteiger partial charge in [-0.2, -0.15) is 0 Å². The summed E-state index contributed by atoms with van der Waals surface area (Å²) >= 11 is 3.52. The average Bonchev–Trinajstić information content (AvgIpc) is 2.33. The zero-order valence-corrected chi connectivity index (χ0v) is 11.3. The zero-order valence-electron chi connectivity index (χ0n) is 9.67. The van der Waals surface area contributed by atoms with E-state index in [1.807, 2.05) is 0 Å². The van der Waals surface area contributed by atoms with Crippen LogP contribution in [0, 0.1) is 6.92 Å². The Morgan fingerprint density at radius 2 is 2.12 bits per heavy atom. The van der Waals surface area contributed by atoms with Crippen LogP contribution in [0.2, 0.25) is 0 Å². The maximum Gasteiger partial charge on any atom is 0.0511 e. The van der Waals surface area contributed by atoms with Crippen LogP contribution in [0.1, 0.15) is 42.9 Å². The molecule has 2 rings (SSSR count). The maximum absolute atomic E-state index is 6.31. The number of hydrogen-bond donors (Lipinski definition) is 1. The van der Waals surface area contributed by atoms with E-state index in [9.17, 15) is 0 Å². The van der Waals surface area contributed by atoms with Crippen molar-refractivity contribution >= 4 is 15.9 Å². The van der Waals surface area contributed by atoms with Crippen molar-refractivity contribution in [1.82, 2.24) is 0 Å². The summed E-state index contributed by atoms with van der Waals surface area (Å²) in [6.45, 7) is 2.11. The molecule has 2 heteroatoms. The molecule has 0 fully saturated rings. The first-order chi connectivity index (χ1) is 7.68. The predicted molar refractivity (Wildman–Crippen MR) is 72.4 cm³/mol. The third-order valence-electron chi connectivity index (χ3n) is 3.27. The second-order valence-electron chi connectivity index (χ2n) is 4.51. The summed E-state index contributed by atoms with van der Waals surface area (Å²) in [6.07, 6.45) is 7.28. The van der Waals surface area contributed by atoms with Gasteiger partial charge in [-0.15, -0.1) is 0 Å². The lowest BCUT2D eigenvalue weighted by atomic mass is 9.90. The first kappa shape index (κ1) is 11.9. The van der Waals surface area contributed by atoms with Crippen LogP contribution >= 0.6 is 15.9 Å². The number of nitrogens with two attached hydrogens (primary N) is 1. The summed E-state index contributed by atoms with van der Waals surface area (Å²) in [5.74, 6) is 0. The van der Waals surface area contributed by atoms with E-state index in [0.717, 1.165) is 10.9 Å². The number of allylic oxidation sites excluding steroid dienone is 1. The van der Waals surface area contributed by atoms with Crippen LogP contribution in [-0.4, -0.2) is 0 Å². The molecule has 0 saturated carbocycles. The molecule has 1 aromatic carbocycles. The summed E-state index contributed by atoms with van der Waals surface area (Å²) in [4.78, 5) is 0. The monoisotopic (exact) mass is 279 g/mol. The Hall–Kier alpha value is -0.600. The molecular weight excluding hydrogens is 262 g/mol. The SMILES string of the molecule is Cc1cc(C(N)C2=CCCCC2)ccc1Br. The van der Waals surface area contributed by atoms with Crippen molar-refractivity contribution in [2.24, 2.45) is 5.73 Å². The lowest BCUT2D eigenvalue weighted by Crippen LogP contribution is -2.15. The highest BCUT2D eigenvalue weighted by molar-refractivity contribution is 9.10. The van der Waals surface area contributed by atoms with Gasteiger partial charge in [-0.3, -0.25) is 0 Å². The van der Waals surface area contributed by atoms with Gasteiger partial charge in [-0.25, -0.2) is 0 Å². The highest BCUT2D eigenvalue weighted by Crippen LogP contribution is 2.29. The lowest BCUT2D eigenvalue weighted by molar-refractivity contribution is 0.648. The van der Waals surface area contributed by atoms with Crippen LogP contribution in [0.4, 0.5) is 0 Å². The van der Waals surface area contributed by atoms with E-state index in [4.69, 9.17) is 5.73 Å². The molecular formula is C14H18BrN. The van der Waals surface area contributed by atoms with Crippen molar-refractivity contribution < 1.29 is 0 Å². The summed E-state index contributed by atoms with van der Waals surface area (Å²) in [6, 6.07) is 6.49. The molecule has 0 heterocycles. The summed E-state index contributed by atoms with van der Waals surface area (Å²) in [5.41, 5.74) is 10.2. The molecule has 0 bridgehead atoms. The van der Waals surface area contributed by atoms with E-state index < -0.39 is 0 Å². The highest BCUT2D eigenvalue weighted by atomic mass is 79.9. The summed E-state index contributed by atoms with van der Waals surface area (Å²) < 4.78 is 1.15. The molecule has 0 amide bonds. The van der Waals surface area contributed by atoms with Gasteiger partial charge in [-0.1, -0.05) is 39.7 Å². The first-order valence-corrected chi connectivity index (χ1v) is 6.68. The van der Waals surface area contributed by atoms with Gasteiger partial charge in [0.1, 0.15) is 0 Å². The summed E-state index contributed by atoms with van der Waals surface area (Å²) in [7, 11) is 0. The number of hydrogen-bond acceptors (Lipinski definition) is 1. The zero-order chi connectivity index (χ0) is 11.5. The fourth-order valence-corrected chi connectivity index (χ4v) is 2.47. The smallest absolute Gasteiger partial charge is 0.0511 e. The third-order valence-corrected chi connectivity index (χ3v) is 4.16. The third kappa shape index (κ3) is 2.55. The first-order valence-electron chi connectivity index (χ1n) is 5.89. The minimum absolute atomic E-state index is 0.0899. The molecule has 1 aromatic rings. The van der Waals surface area contributed by atoms with Crippen LogP contribution in [-0.2, 0) is 0 Å². The standard InChI is InChI=1S/C14H18BrN/c1-10-9-12(7-8-13(10)15)14(16)11-5-3-2-4-6-11/h5,7-9,14H,2-4,6,16H2,1H3. The van der Waals surface area contributed by atoms with E-state index in [2.05, 4.69) is 47.1 Å². The van der Waals surface area contributed by atoms with Gasteiger partial charge >= 0.3 is 0 Å². The van der Waals surface area contributed by atoms with Gasteiger partial charge in [0.25, 0.3) is 0 Å². The van der Waals surface area contributed by atoms with Crippen LogP contribution in [0.5, 0.6) is 0 Å². The van der Waals surface area contributed by atoms with Crippen LogP contribution in [0.15, 0.2) is 34.3 Å². The average molecular weight is 280 g/mol. The van der Waals surface area contributed by atoms with Gasteiger partial charge < -0.3 is 5.73 Å². The second kappa shape index (κ2) is 5.15. The quantitative estimate of drug-likeness (QED) is 0.805. The Bertz CT molecular complexity index is 409. The van der Waals surface area contributed by atoms with E-state index in [1.54, 1.807) is 0 Å². The second-order valence-corrected chi connectivity index (χ2v) is 5.37. The Labute approximate surface area is 106 Å². The Morgan fingerprint density at radius 3 is 2.75 bits per heavy atom. The minimum atomic E-state index is 0.0899. The molecule has 1 nitrogen and oxygen atoms in total. The molecule has 1 atom stereocenters. The van der Waals surface area contributed by atoms with E-state index >= 15 is 0 Å². The molecule has 1 aliphatic carbocycles. The van der Waals surface area contributed by atoms with Gasteiger partial charge in [0, 0.05) is 4.47 Å². The van der Waals surface area contributed by atoms with Gasteiger partial charge in [-0.05, 0) is 49.8 Å². The van der Waals surface area contributed by atoms with Crippen molar-refractivity contribution in [3.8, 4) is 0 Å². The lowest BCUT2D eigenvalue weighted by Gasteiger charge is -2.20. The molecule has 0 spiro atoms. The molecule has 0 radical (unpaired) electrons. The van der Waals surface area contributed by atoms with E-state index in [1.165, 1.54) is 36.0 Å². The van der Waals surface area contributed by atoms with Crippen molar-refractivity contribution in [3.63, 3.8) is 0 Å². The molecule has 86 valence electrons. The molecule has 16 heavy (non-hydrogen) atoms. The maximum atomic E-state index is 6.31. The van der Waals surface area contributed by atoms with Crippen molar-refractivity contribution in [3.05, 3.63) is 45.4 Å². The van der Waals surface area contributed by atoms with Gasteiger partial charge in [0.2, 0.25) is 0 Å². The van der Waals surface area contributed by atoms with Crippen molar-refractivity contribution in [2.75, 3.05) is 0 Å². The van der Waals surface area contributed by atoms with E-state index in [0.29, 0.717) is 0 Å². The van der Waals surface area contributed by atoms with Crippen LogP contribution in [0.3, 0.4) is 0 Å². The number of aryl methyl sites for hydroxylation is 1. The van der Waals surface area contributed by atoms with E-state index in [-0.39, 0.29) is 6.04 Å². The van der Waals surface area contributed by atoms with Gasteiger partial charge in [0.15, 0.2) is 0 Å². The molecule has 2 N–H and O–H groups in total. The molecule has 0 aliphatic heterocycles. The molecule has 0 saturated heterocycles. The molecule has 0 aromatic heterocycles. The Morgan fingerprint density at radius 1 is 1.31 bits per heavy atom. The number of rotatable bonds is 2. The minimum Gasteiger partial charge on any atom is -0.321 e. The fourth-order valence-electron chi connectivity index (χ4n) is 2.22. The summed E-state index contributed by atoms with van der Waals surface area (Å²) in [5, 5.41) is 0. The van der Waals surface area contributed by atoms with Crippen LogP contribution < -0.4 is 5.73 Å². The largest absolute Gasteiger partial charge is 0.321 e. The van der Waals surface area contributed by atoms with Crippen LogP contribution in [0.25, 0.3) is 0 Å². The highest BCUT2D eigenvalue weighted by Gasteiger charge is 2.14. The van der Waals surface area contributed by atoms with Crippen molar-refractivity contribution in [2.45, 2.75) is 38.6 Å². The molecule has 1 aliphatic rings. The Balaban J connectivity index is 2.22.